The molecule has 0 aromatic heterocycles. The molecule has 1 aromatic rings. The van der Waals surface area contributed by atoms with Crippen LogP contribution >= 0.6 is 0 Å². The van der Waals surface area contributed by atoms with Crippen LogP contribution in [-0.2, 0) is 9.53 Å². The standard InChI is InChI=1S/C18H27N3O4/c1-13-8-9-14(17(22)19-10-11-24-2)12-21(13)18(23)20-15-6-4-5-7-16(15)25-3/h4-7,13-14H,8-12H2,1-3H3,(H,19,22)(H,20,23)/t13-,14+/m1/s1. The van der Waals surface area contributed by atoms with E-state index in [1.807, 2.05) is 19.1 Å². The molecule has 7 heteroatoms. The van der Waals surface area contributed by atoms with Crippen molar-refractivity contribution in [1.29, 1.82) is 0 Å². The summed E-state index contributed by atoms with van der Waals surface area (Å²) in [5, 5.41) is 5.74. The third kappa shape index (κ3) is 5.09. The second-order valence-corrected chi connectivity index (χ2v) is 6.19. The van der Waals surface area contributed by atoms with Gasteiger partial charge in [0.2, 0.25) is 5.91 Å². The number of carbonyl (C=O) groups is 2. The molecule has 1 aliphatic rings. The number of piperidine rings is 1. The second-order valence-electron chi connectivity index (χ2n) is 6.19. The molecule has 0 bridgehead atoms. The molecule has 1 fully saturated rings. The lowest BCUT2D eigenvalue weighted by Gasteiger charge is -2.37. The summed E-state index contributed by atoms with van der Waals surface area (Å²) in [5.74, 6) is 0.380. The minimum Gasteiger partial charge on any atom is -0.495 e. The summed E-state index contributed by atoms with van der Waals surface area (Å²) in [6, 6.07) is 7.13. The smallest absolute Gasteiger partial charge is 0.322 e. The molecule has 25 heavy (non-hydrogen) atoms. The molecule has 1 saturated heterocycles. The second kappa shape index (κ2) is 9.27. The number of benzene rings is 1. The Balaban J connectivity index is 1.98. The molecule has 0 saturated carbocycles. The van der Waals surface area contributed by atoms with E-state index in [0.717, 1.165) is 12.8 Å². The number of urea groups is 1. The van der Waals surface area contributed by atoms with Gasteiger partial charge in [-0.2, -0.15) is 0 Å². The number of rotatable bonds is 6. The van der Waals surface area contributed by atoms with E-state index in [4.69, 9.17) is 9.47 Å². The predicted octanol–water partition coefficient (Wildman–Crippen LogP) is 2.09. The molecule has 138 valence electrons. The Hall–Kier alpha value is -2.28. The van der Waals surface area contributed by atoms with Gasteiger partial charge in [-0.15, -0.1) is 0 Å². The number of ether oxygens (including phenoxy) is 2. The first-order chi connectivity index (χ1) is 12.1. The van der Waals surface area contributed by atoms with Crippen LogP contribution in [0.4, 0.5) is 10.5 Å². The molecular formula is C18H27N3O4. The predicted molar refractivity (Wildman–Crippen MR) is 95.8 cm³/mol. The molecule has 0 radical (unpaired) electrons. The number of para-hydroxylation sites is 2. The highest BCUT2D eigenvalue weighted by Gasteiger charge is 2.32. The van der Waals surface area contributed by atoms with Crippen LogP contribution in [0.2, 0.25) is 0 Å². The molecule has 1 aromatic carbocycles. The van der Waals surface area contributed by atoms with E-state index in [0.29, 0.717) is 31.1 Å². The maximum atomic E-state index is 12.7. The molecule has 2 atom stereocenters. The quantitative estimate of drug-likeness (QED) is 0.771. The Bertz CT molecular complexity index is 593. The van der Waals surface area contributed by atoms with Gasteiger partial charge in [0, 0.05) is 26.2 Å². The van der Waals surface area contributed by atoms with Crippen molar-refractivity contribution < 1.29 is 19.1 Å². The molecule has 2 rings (SSSR count). The van der Waals surface area contributed by atoms with Crippen LogP contribution in [-0.4, -0.2) is 56.8 Å². The molecule has 0 spiro atoms. The van der Waals surface area contributed by atoms with Crippen molar-refractivity contribution in [3.8, 4) is 5.75 Å². The lowest BCUT2D eigenvalue weighted by atomic mass is 9.93. The van der Waals surface area contributed by atoms with Crippen molar-refractivity contribution in [2.24, 2.45) is 5.92 Å². The molecule has 3 amide bonds. The Morgan fingerprint density at radius 2 is 2.00 bits per heavy atom. The van der Waals surface area contributed by atoms with E-state index in [-0.39, 0.29) is 23.9 Å². The van der Waals surface area contributed by atoms with E-state index < -0.39 is 0 Å². The molecule has 0 aliphatic carbocycles. The lowest BCUT2D eigenvalue weighted by Crippen LogP contribution is -2.51. The topological polar surface area (TPSA) is 79.9 Å². The summed E-state index contributed by atoms with van der Waals surface area (Å²) >= 11 is 0. The van der Waals surface area contributed by atoms with Gasteiger partial charge in [0.25, 0.3) is 0 Å². The van der Waals surface area contributed by atoms with Crippen LogP contribution in [0.15, 0.2) is 24.3 Å². The van der Waals surface area contributed by atoms with Gasteiger partial charge in [-0.3, -0.25) is 4.79 Å². The maximum Gasteiger partial charge on any atom is 0.322 e. The van der Waals surface area contributed by atoms with E-state index in [1.165, 1.54) is 0 Å². The van der Waals surface area contributed by atoms with Crippen LogP contribution in [0.1, 0.15) is 19.8 Å². The molecule has 7 nitrogen and oxygen atoms in total. The summed E-state index contributed by atoms with van der Waals surface area (Å²) in [7, 11) is 3.16. The third-order valence-electron chi connectivity index (χ3n) is 4.47. The summed E-state index contributed by atoms with van der Waals surface area (Å²) < 4.78 is 10.2. The maximum absolute atomic E-state index is 12.7. The van der Waals surface area contributed by atoms with E-state index in [1.54, 1.807) is 31.3 Å². The fourth-order valence-corrected chi connectivity index (χ4v) is 2.96. The number of carbonyl (C=O) groups excluding carboxylic acids is 2. The number of anilines is 1. The number of hydrogen-bond acceptors (Lipinski definition) is 4. The van der Waals surface area contributed by atoms with Crippen molar-refractivity contribution in [1.82, 2.24) is 10.2 Å². The first-order valence-corrected chi connectivity index (χ1v) is 8.54. The third-order valence-corrected chi connectivity index (χ3v) is 4.47. The zero-order chi connectivity index (χ0) is 18.2. The van der Waals surface area contributed by atoms with Crippen LogP contribution in [0.5, 0.6) is 5.75 Å². The van der Waals surface area contributed by atoms with Gasteiger partial charge in [-0.05, 0) is 31.9 Å². The van der Waals surface area contributed by atoms with Crippen LogP contribution < -0.4 is 15.4 Å². The van der Waals surface area contributed by atoms with Gasteiger partial charge >= 0.3 is 6.03 Å². The fraction of sp³-hybridized carbons (Fsp3) is 0.556. The van der Waals surface area contributed by atoms with E-state index in [9.17, 15) is 9.59 Å². The zero-order valence-corrected chi connectivity index (χ0v) is 15.1. The molecule has 2 N–H and O–H groups in total. The Morgan fingerprint density at radius 1 is 1.24 bits per heavy atom. The molecule has 1 heterocycles. The Morgan fingerprint density at radius 3 is 2.72 bits per heavy atom. The summed E-state index contributed by atoms with van der Waals surface area (Å²) in [4.78, 5) is 26.7. The highest BCUT2D eigenvalue weighted by Crippen LogP contribution is 2.26. The van der Waals surface area contributed by atoms with Gasteiger partial charge < -0.3 is 25.0 Å². The number of nitrogens with zero attached hydrogens (tertiary/aromatic N) is 1. The van der Waals surface area contributed by atoms with Crippen LogP contribution in [0.3, 0.4) is 0 Å². The van der Waals surface area contributed by atoms with E-state index >= 15 is 0 Å². The van der Waals surface area contributed by atoms with Crippen molar-refractivity contribution in [3.05, 3.63) is 24.3 Å². The Labute approximate surface area is 148 Å². The van der Waals surface area contributed by atoms with Gasteiger partial charge in [-0.1, -0.05) is 12.1 Å². The normalized spacial score (nSPS) is 20.0. The van der Waals surface area contributed by atoms with Gasteiger partial charge in [0.15, 0.2) is 0 Å². The van der Waals surface area contributed by atoms with Crippen LogP contribution in [0, 0.1) is 5.92 Å². The Kier molecular flexibility index (Phi) is 7.06. The van der Waals surface area contributed by atoms with Crippen molar-refractivity contribution >= 4 is 17.6 Å². The summed E-state index contributed by atoms with van der Waals surface area (Å²) in [6.07, 6.45) is 1.57. The van der Waals surface area contributed by atoms with Gasteiger partial charge in [-0.25, -0.2) is 4.79 Å². The van der Waals surface area contributed by atoms with Gasteiger partial charge in [0.05, 0.1) is 25.3 Å². The SMILES string of the molecule is COCCNC(=O)[C@H]1CC[C@@H](C)N(C(=O)Nc2ccccc2OC)C1. The fourth-order valence-electron chi connectivity index (χ4n) is 2.96. The largest absolute Gasteiger partial charge is 0.495 e. The van der Waals surface area contributed by atoms with Gasteiger partial charge in [0.1, 0.15) is 5.75 Å². The number of likely N-dealkylation sites (tertiary alicyclic amines) is 1. The zero-order valence-electron chi connectivity index (χ0n) is 15.1. The number of amides is 3. The number of methoxy groups -OCH3 is 2. The van der Waals surface area contributed by atoms with Crippen molar-refractivity contribution in [2.45, 2.75) is 25.8 Å². The minimum atomic E-state index is -0.216. The average molecular weight is 349 g/mol. The average Bonchev–Trinajstić information content (AvgIpc) is 2.62. The number of nitrogens with one attached hydrogen (secondary N) is 2. The number of hydrogen-bond donors (Lipinski definition) is 2. The lowest BCUT2D eigenvalue weighted by molar-refractivity contribution is -0.126. The van der Waals surface area contributed by atoms with Crippen molar-refractivity contribution in [2.75, 3.05) is 39.2 Å². The highest BCUT2D eigenvalue weighted by atomic mass is 16.5. The molecular weight excluding hydrogens is 322 g/mol. The van der Waals surface area contributed by atoms with Crippen molar-refractivity contribution in [3.63, 3.8) is 0 Å². The minimum absolute atomic E-state index is 0.0287. The van der Waals surface area contributed by atoms with Crippen LogP contribution in [0.25, 0.3) is 0 Å². The molecule has 0 unspecified atom stereocenters. The summed E-state index contributed by atoms with van der Waals surface area (Å²) in [6.45, 7) is 3.36. The molecule has 1 aliphatic heterocycles. The first kappa shape index (κ1) is 19.1. The summed E-state index contributed by atoms with van der Waals surface area (Å²) in [5.41, 5.74) is 0.619. The highest BCUT2D eigenvalue weighted by molar-refractivity contribution is 5.91. The monoisotopic (exact) mass is 349 g/mol. The van der Waals surface area contributed by atoms with E-state index in [2.05, 4.69) is 10.6 Å². The first-order valence-electron chi connectivity index (χ1n) is 8.54.